The number of rotatable bonds is 5. The third kappa shape index (κ3) is 2.92. The average Bonchev–Trinajstić information content (AvgIpc) is 2.64. The maximum Gasteiger partial charge on any atom is 0.145 e. The van der Waals surface area contributed by atoms with Gasteiger partial charge < -0.3 is 10.1 Å². The van der Waals surface area contributed by atoms with E-state index in [1.54, 1.807) is 6.07 Å². The normalized spacial score (nSPS) is 10.7. The van der Waals surface area contributed by atoms with Crippen molar-refractivity contribution < 1.29 is 9.13 Å². The predicted molar refractivity (Wildman–Crippen MR) is 77.6 cm³/mol. The Morgan fingerprint density at radius 2 is 2.10 bits per heavy atom. The summed E-state index contributed by atoms with van der Waals surface area (Å²) < 4.78 is 20.6. The third-order valence-electron chi connectivity index (χ3n) is 3.36. The first-order valence-electron chi connectivity index (χ1n) is 6.68. The number of halogens is 1. The molecule has 0 amide bonds. The van der Waals surface area contributed by atoms with Crippen molar-refractivity contribution in [2.45, 2.75) is 27.3 Å². The summed E-state index contributed by atoms with van der Waals surface area (Å²) in [6, 6.07) is 4.52. The topological polar surface area (TPSA) is 39.1 Å². The van der Waals surface area contributed by atoms with Gasteiger partial charge in [0.2, 0.25) is 0 Å². The van der Waals surface area contributed by atoms with Crippen LogP contribution in [0.3, 0.4) is 0 Å². The highest BCUT2D eigenvalue weighted by Gasteiger charge is 2.10. The molecule has 0 radical (unpaired) electrons. The second-order valence-corrected chi connectivity index (χ2v) is 4.70. The minimum atomic E-state index is -0.298. The molecule has 20 heavy (non-hydrogen) atoms. The van der Waals surface area contributed by atoms with E-state index in [2.05, 4.69) is 10.4 Å². The van der Waals surface area contributed by atoms with Crippen LogP contribution in [0.5, 0.6) is 5.75 Å². The van der Waals surface area contributed by atoms with Gasteiger partial charge in [0, 0.05) is 30.9 Å². The zero-order valence-corrected chi connectivity index (χ0v) is 12.3. The van der Waals surface area contributed by atoms with E-state index in [4.69, 9.17) is 4.74 Å². The molecular weight excluding hydrogens is 257 g/mol. The van der Waals surface area contributed by atoms with Gasteiger partial charge in [-0.05, 0) is 32.9 Å². The van der Waals surface area contributed by atoms with Gasteiger partial charge in [0.05, 0.1) is 18.0 Å². The van der Waals surface area contributed by atoms with Crippen LogP contribution in [0.15, 0.2) is 18.2 Å². The molecule has 0 saturated heterocycles. The molecule has 0 aliphatic rings. The quantitative estimate of drug-likeness (QED) is 0.912. The molecule has 0 atom stereocenters. The van der Waals surface area contributed by atoms with Crippen molar-refractivity contribution in [1.29, 1.82) is 0 Å². The average molecular weight is 277 g/mol. The molecule has 4 nitrogen and oxygen atoms in total. The maximum absolute atomic E-state index is 13.2. The van der Waals surface area contributed by atoms with E-state index in [1.165, 1.54) is 12.1 Å². The van der Waals surface area contributed by atoms with Crippen LogP contribution in [-0.2, 0) is 13.6 Å². The molecular formula is C15H20FN3O. The fraction of sp³-hybridized carbons (Fsp3) is 0.400. The Morgan fingerprint density at radius 3 is 2.70 bits per heavy atom. The Labute approximate surface area is 118 Å². The lowest BCUT2D eigenvalue weighted by Gasteiger charge is -2.12. The number of nitrogens with one attached hydrogen (secondary N) is 1. The SMILES string of the molecule is CCOc1cc(F)ccc1NCc1c(C)nn(C)c1C. The molecule has 0 aliphatic carbocycles. The van der Waals surface area contributed by atoms with E-state index < -0.39 is 0 Å². The second-order valence-electron chi connectivity index (χ2n) is 4.70. The first kappa shape index (κ1) is 14.4. The molecule has 0 unspecified atom stereocenters. The number of nitrogens with zero attached hydrogens (tertiary/aromatic N) is 2. The van der Waals surface area contributed by atoms with Crippen LogP contribution in [-0.4, -0.2) is 16.4 Å². The molecule has 1 N–H and O–H groups in total. The van der Waals surface area contributed by atoms with E-state index in [9.17, 15) is 4.39 Å². The Balaban J connectivity index is 2.18. The van der Waals surface area contributed by atoms with Crippen molar-refractivity contribution in [3.8, 4) is 5.75 Å². The Morgan fingerprint density at radius 1 is 1.35 bits per heavy atom. The number of hydrogen-bond donors (Lipinski definition) is 1. The van der Waals surface area contributed by atoms with Crippen molar-refractivity contribution in [2.24, 2.45) is 7.05 Å². The van der Waals surface area contributed by atoms with Crippen LogP contribution in [0.2, 0.25) is 0 Å². The number of aryl methyl sites for hydroxylation is 2. The van der Waals surface area contributed by atoms with Gasteiger partial charge in [-0.2, -0.15) is 5.10 Å². The predicted octanol–water partition coefficient (Wildman–Crippen LogP) is 3.19. The lowest BCUT2D eigenvalue weighted by Crippen LogP contribution is -2.05. The minimum absolute atomic E-state index is 0.298. The summed E-state index contributed by atoms with van der Waals surface area (Å²) in [5.41, 5.74) is 4.06. The van der Waals surface area contributed by atoms with Crippen LogP contribution < -0.4 is 10.1 Å². The molecule has 1 heterocycles. The van der Waals surface area contributed by atoms with E-state index in [-0.39, 0.29) is 5.82 Å². The highest BCUT2D eigenvalue weighted by molar-refractivity contribution is 5.56. The van der Waals surface area contributed by atoms with Crippen LogP contribution in [0, 0.1) is 19.7 Å². The van der Waals surface area contributed by atoms with Crippen LogP contribution in [0.25, 0.3) is 0 Å². The first-order valence-corrected chi connectivity index (χ1v) is 6.68. The molecule has 1 aromatic heterocycles. The lowest BCUT2D eigenvalue weighted by atomic mass is 10.2. The van der Waals surface area contributed by atoms with E-state index in [0.717, 1.165) is 22.6 Å². The van der Waals surface area contributed by atoms with Gasteiger partial charge in [-0.3, -0.25) is 4.68 Å². The molecule has 0 spiro atoms. The fourth-order valence-corrected chi connectivity index (χ4v) is 2.17. The molecule has 2 aromatic rings. The number of ether oxygens (including phenoxy) is 1. The van der Waals surface area contributed by atoms with Crippen molar-refractivity contribution in [3.63, 3.8) is 0 Å². The summed E-state index contributed by atoms with van der Waals surface area (Å²) in [7, 11) is 1.93. The van der Waals surface area contributed by atoms with Crippen LogP contribution in [0.1, 0.15) is 23.9 Å². The molecule has 1 aromatic carbocycles. The van der Waals surface area contributed by atoms with E-state index in [0.29, 0.717) is 18.9 Å². The summed E-state index contributed by atoms with van der Waals surface area (Å²) >= 11 is 0. The first-order chi connectivity index (χ1) is 9.52. The summed E-state index contributed by atoms with van der Waals surface area (Å²) in [5, 5.41) is 7.67. The van der Waals surface area contributed by atoms with Gasteiger partial charge in [-0.15, -0.1) is 0 Å². The second kappa shape index (κ2) is 5.94. The number of anilines is 1. The molecule has 108 valence electrons. The lowest BCUT2D eigenvalue weighted by molar-refractivity contribution is 0.339. The van der Waals surface area contributed by atoms with Gasteiger partial charge in [0.1, 0.15) is 11.6 Å². The Hall–Kier alpha value is -2.04. The number of hydrogen-bond acceptors (Lipinski definition) is 3. The van der Waals surface area contributed by atoms with Gasteiger partial charge in [-0.1, -0.05) is 0 Å². The zero-order valence-electron chi connectivity index (χ0n) is 12.3. The largest absolute Gasteiger partial charge is 0.492 e. The third-order valence-corrected chi connectivity index (χ3v) is 3.36. The maximum atomic E-state index is 13.2. The number of aromatic nitrogens is 2. The summed E-state index contributed by atoms with van der Waals surface area (Å²) in [6.45, 7) is 7.04. The molecule has 0 saturated carbocycles. The Kier molecular flexibility index (Phi) is 4.27. The van der Waals surface area contributed by atoms with Crippen LogP contribution >= 0.6 is 0 Å². The van der Waals surface area contributed by atoms with Crippen molar-refractivity contribution in [1.82, 2.24) is 9.78 Å². The highest BCUT2D eigenvalue weighted by Crippen LogP contribution is 2.26. The van der Waals surface area contributed by atoms with Gasteiger partial charge >= 0.3 is 0 Å². The summed E-state index contributed by atoms with van der Waals surface area (Å²) in [6.07, 6.45) is 0. The zero-order chi connectivity index (χ0) is 14.7. The number of benzene rings is 1. The summed E-state index contributed by atoms with van der Waals surface area (Å²) in [4.78, 5) is 0. The smallest absolute Gasteiger partial charge is 0.145 e. The molecule has 2 rings (SSSR count). The van der Waals surface area contributed by atoms with Crippen molar-refractivity contribution in [2.75, 3.05) is 11.9 Å². The van der Waals surface area contributed by atoms with Crippen molar-refractivity contribution in [3.05, 3.63) is 41.0 Å². The van der Waals surface area contributed by atoms with Crippen LogP contribution in [0.4, 0.5) is 10.1 Å². The monoisotopic (exact) mass is 277 g/mol. The molecule has 5 heteroatoms. The standard InChI is InChI=1S/C15H20FN3O/c1-5-20-15-8-12(16)6-7-14(15)17-9-13-10(2)18-19(4)11(13)3/h6-8,17H,5,9H2,1-4H3. The van der Waals surface area contributed by atoms with E-state index in [1.807, 2.05) is 32.5 Å². The molecule has 0 fully saturated rings. The van der Waals surface area contributed by atoms with Crippen molar-refractivity contribution >= 4 is 5.69 Å². The Bertz CT molecular complexity index is 607. The fourth-order valence-electron chi connectivity index (χ4n) is 2.17. The minimum Gasteiger partial charge on any atom is -0.492 e. The van der Waals surface area contributed by atoms with Gasteiger partial charge in [0.15, 0.2) is 0 Å². The van der Waals surface area contributed by atoms with Gasteiger partial charge in [0.25, 0.3) is 0 Å². The highest BCUT2D eigenvalue weighted by atomic mass is 19.1. The molecule has 0 aliphatic heterocycles. The van der Waals surface area contributed by atoms with Gasteiger partial charge in [-0.25, -0.2) is 4.39 Å². The molecule has 0 bridgehead atoms. The van der Waals surface area contributed by atoms with E-state index >= 15 is 0 Å². The summed E-state index contributed by atoms with van der Waals surface area (Å²) in [5.74, 6) is 0.236.